The van der Waals surface area contributed by atoms with Crippen molar-refractivity contribution >= 4 is 22.9 Å². The molecule has 0 spiro atoms. The van der Waals surface area contributed by atoms with E-state index >= 15 is 0 Å². The number of hydrogen-bond acceptors (Lipinski definition) is 3. The second kappa shape index (κ2) is 7.48. The van der Waals surface area contributed by atoms with Crippen LogP contribution in [0.3, 0.4) is 0 Å². The van der Waals surface area contributed by atoms with Crippen LogP contribution in [-0.4, -0.2) is 10.9 Å². The van der Waals surface area contributed by atoms with Crippen molar-refractivity contribution in [3.05, 3.63) is 81.2 Å². The van der Waals surface area contributed by atoms with Gasteiger partial charge in [0.1, 0.15) is 0 Å². The van der Waals surface area contributed by atoms with Gasteiger partial charge in [0.25, 0.3) is 0 Å². The molecule has 7 heteroatoms. The van der Waals surface area contributed by atoms with Crippen LogP contribution in [0.4, 0.5) is 13.2 Å². The number of rotatable bonds is 4. The van der Waals surface area contributed by atoms with Crippen molar-refractivity contribution in [1.29, 1.82) is 0 Å². The molecule has 1 aromatic carbocycles. The van der Waals surface area contributed by atoms with E-state index in [0.717, 1.165) is 34.6 Å². The Morgan fingerprint density at radius 2 is 1.86 bits per heavy atom. The summed E-state index contributed by atoms with van der Waals surface area (Å²) in [6, 6.07) is 10.6. The fourth-order valence-corrected chi connectivity index (χ4v) is 4.03. The minimum absolute atomic E-state index is 0.00439. The summed E-state index contributed by atoms with van der Waals surface area (Å²) in [7, 11) is 0. The maximum Gasteiger partial charge on any atom is 0.416 e. The molecule has 1 N–H and O–H groups in total. The number of aromatic nitrogens is 1. The lowest BCUT2D eigenvalue weighted by atomic mass is 10.1. The van der Waals surface area contributed by atoms with E-state index < -0.39 is 11.7 Å². The summed E-state index contributed by atoms with van der Waals surface area (Å²) < 4.78 is 37.9. The molecule has 3 aromatic rings. The number of hydrogen-bond donors (Lipinski definition) is 1. The van der Waals surface area contributed by atoms with Gasteiger partial charge in [0.2, 0.25) is 5.91 Å². The first-order valence-corrected chi connectivity index (χ1v) is 9.90. The molecule has 29 heavy (non-hydrogen) atoms. The number of carbonyl (C=O) groups is 1. The number of nitrogens with one attached hydrogen (secondary N) is 1. The minimum Gasteiger partial charge on any atom is -0.325 e. The SMILES string of the molecule is Cc1sccc1-c1ccc2c(n1)CC=C2NC(=O)Cc1ccc(C(F)(F)F)cc1. The van der Waals surface area contributed by atoms with Crippen LogP contribution in [0.25, 0.3) is 17.0 Å². The molecule has 0 radical (unpaired) electrons. The average Bonchev–Trinajstić information content (AvgIpc) is 3.27. The molecule has 1 amide bonds. The van der Waals surface area contributed by atoms with Crippen molar-refractivity contribution in [3.8, 4) is 11.3 Å². The molecule has 0 atom stereocenters. The molecule has 1 aliphatic carbocycles. The third-order valence-electron chi connectivity index (χ3n) is 4.82. The molecule has 0 aliphatic heterocycles. The molecule has 3 nitrogen and oxygen atoms in total. The number of aryl methyl sites for hydroxylation is 1. The highest BCUT2D eigenvalue weighted by molar-refractivity contribution is 7.10. The Balaban J connectivity index is 1.44. The van der Waals surface area contributed by atoms with E-state index in [-0.39, 0.29) is 12.3 Å². The van der Waals surface area contributed by atoms with Crippen LogP contribution in [0.15, 0.2) is 53.9 Å². The third-order valence-corrected chi connectivity index (χ3v) is 5.66. The Kier molecular flexibility index (Phi) is 5.00. The normalized spacial score (nSPS) is 13.2. The topological polar surface area (TPSA) is 42.0 Å². The zero-order chi connectivity index (χ0) is 20.6. The molecule has 2 heterocycles. The molecular formula is C22H17F3N2OS. The molecule has 0 saturated carbocycles. The van der Waals surface area contributed by atoms with Gasteiger partial charge < -0.3 is 5.32 Å². The Morgan fingerprint density at radius 1 is 1.10 bits per heavy atom. The highest BCUT2D eigenvalue weighted by Crippen LogP contribution is 2.31. The number of allylic oxidation sites excluding steroid dienone is 1. The van der Waals surface area contributed by atoms with E-state index in [1.165, 1.54) is 17.0 Å². The minimum atomic E-state index is -4.38. The number of pyridine rings is 1. The number of nitrogens with zero attached hydrogens (tertiary/aromatic N) is 1. The molecule has 0 bridgehead atoms. The van der Waals surface area contributed by atoms with E-state index in [0.29, 0.717) is 17.7 Å². The number of thiophene rings is 1. The van der Waals surface area contributed by atoms with Gasteiger partial charge >= 0.3 is 6.18 Å². The number of halogens is 3. The van der Waals surface area contributed by atoms with Crippen molar-refractivity contribution < 1.29 is 18.0 Å². The molecule has 0 saturated heterocycles. The third kappa shape index (κ3) is 4.10. The molecule has 148 valence electrons. The molecule has 1 aliphatic rings. The highest BCUT2D eigenvalue weighted by Gasteiger charge is 2.30. The lowest BCUT2D eigenvalue weighted by Gasteiger charge is -2.10. The second-order valence-electron chi connectivity index (χ2n) is 6.82. The van der Waals surface area contributed by atoms with Crippen LogP contribution >= 0.6 is 11.3 Å². The van der Waals surface area contributed by atoms with Crippen LogP contribution in [-0.2, 0) is 23.8 Å². The predicted molar refractivity (Wildman–Crippen MR) is 107 cm³/mol. The van der Waals surface area contributed by atoms with Crippen LogP contribution < -0.4 is 5.32 Å². The predicted octanol–water partition coefficient (Wildman–Crippen LogP) is 5.39. The molecule has 2 aromatic heterocycles. The van der Waals surface area contributed by atoms with Gasteiger partial charge in [-0.05, 0) is 48.2 Å². The van der Waals surface area contributed by atoms with E-state index in [1.54, 1.807) is 11.3 Å². The lowest BCUT2D eigenvalue weighted by Crippen LogP contribution is -2.23. The molecule has 0 unspecified atom stereocenters. The quantitative estimate of drug-likeness (QED) is 0.622. The van der Waals surface area contributed by atoms with Crippen LogP contribution in [0, 0.1) is 6.92 Å². The van der Waals surface area contributed by atoms with E-state index in [4.69, 9.17) is 4.98 Å². The van der Waals surface area contributed by atoms with E-state index in [9.17, 15) is 18.0 Å². The number of fused-ring (bicyclic) bond motifs is 1. The largest absolute Gasteiger partial charge is 0.416 e. The highest BCUT2D eigenvalue weighted by atomic mass is 32.1. The van der Waals surface area contributed by atoms with Crippen molar-refractivity contribution in [2.24, 2.45) is 0 Å². The van der Waals surface area contributed by atoms with Gasteiger partial charge in [-0.1, -0.05) is 18.2 Å². The fraction of sp³-hybridized carbons (Fsp3) is 0.182. The summed E-state index contributed by atoms with van der Waals surface area (Å²) in [4.78, 5) is 18.3. The number of benzene rings is 1. The van der Waals surface area contributed by atoms with Gasteiger partial charge in [0.05, 0.1) is 23.4 Å². The average molecular weight is 414 g/mol. The van der Waals surface area contributed by atoms with Crippen molar-refractivity contribution in [2.75, 3.05) is 0 Å². The summed E-state index contributed by atoms with van der Waals surface area (Å²) in [5, 5.41) is 4.89. The van der Waals surface area contributed by atoms with Crippen LogP contribution in [0.5, 0.6) is 0 Å². The number of carbonyl (C=O) groups excluding carboxylic acids is 1. The van der Waals surface area contributed by atoms with Crippen molar-refractivity contribution in [1.82, 2.24) is 10.3 Å². The van der Waals surface area contributed by atoms with Gasteiger partial charge in [-0.25, -0.2) is 0 Å². The standard InChI is InChI=1S/C22H17F3N2OS/c1-13-16(10-11-29-13)18-7-6-17-19(26-18)8-9-20(17)27-21(28)12-14-2-4-15(5-3-14)22(23,24)25/h2-7,9-11H,8,12H2,1H3,(H,27,28). The summed E-state index contributed by atoms with van der Waals surface area (Å²) in [5.74, 6) is -0.276. The summed E-state index contributed by atoms with van der Waals surface area (Å²) in [6.07, 6.45) is -1.84. The second-order valence-corrected chi connectivity index (χ2v) is 7.94. The monoisotopic (exact) mass is 414 g/mol. The Bertz CT molecular complexity index is 1100. The Hall–Kier alpha value is -2.93. The number of alkyl halides is 3. The molecular weight excluding hydrogens is 397 g/mol. The zero-order valence-corrected chi connectivity index (χ0v) is 16.3. The van der Waals surface area contributed by atoms with Gasteiger partial charge in [0, 0.05) is 28.1 Å². The first-order chi connectivity index (χ1) is 13.8. The van der Waals surface area contributed by atoms with Gasteiger partial charge in [-0.15, -0.1) is 11.3 Å². The Morgan fingerprint density at radius 3 is 2.52 bits per heavy atom. The maximum absolute atomic E-state index is 12.6. The van der Waals surface area contributed by atoms with Crippen LogP contribution in [0.1, 0.15) is 27.3 Å². The van der Waals surface area contributed by atoms with Crippen LogP contribution in [0.2, 0.25) is 0 Å². The number of amides is 1. The van der Waals surface area contributed by atoms with Gasteiger partial charge in [-0.2, -0.15) is 13.2 Å². The summed E-state index contributed by atoms with van der Waals surface area (Å²) >= 11 is 1.67. The smallest absolute Gasteiger partial charge is 0.325 e. The van der Waals surface area contributed by atoms with E-state index in [1.807, 2.05) is 29.7 Å². The first-order valence-electron chi connectivity index (χ1n) is 9.02. The molecule has 4 rings (SSSR count). The van der Waals surface area contributed by atoms with Gasteiger partial charge in [-0.3, -0.25) is 9.78 Å². The van der Waals surface area contributed by atoms with Crippen molar-refractivity contribution in [3.63, 3.8) is 0 Å². The summed E-state index contributed by atoms with van der Waals surface area (Å²) in [5.41, 5.74) is 4.29. The first kappa shape index (κ1) is 19.4. The lowest BCUT2D eigenvalue weighted by molar-refractivity contribution is -0.137. The van der Waals surface area contributed by atoms with Gasteiger partial charge in [0.15, 0.2) is 0 Å². The zero-order valence-electron chi connectivity index (χ0n) is 15.5. The molecule has 0 fully saturated rings. The maximum atomic E-state index is 12.6. The van der Waals surface area contributed by atoms with E-state index in [2.05, 4.69) is 12.2 Å². The Labute approximate surface area is 169 Å². The van der Waals surface area contributed by atoms with Crippen molar-refractivity contribution in [2.45, 2.75) is 25.9 Å². The summed E-state index contributed by atoms with van der Waals surface area (Å²) in [6.45, 7) is 2.06. The fourth-order valence-electron chi connectivity index (χ4n) is 3.32.